The number of nitrogens with one attached hydrogen (secondary N) is 2. The maximum atomic E-state index is 12.3. The molecule has 0 saturated heterocycles. The molecule has 134 valence electrons. The second-order valence-corrected chi connectivity index (χ2v) is 6.33. The van der Waals surface area contributed by atoms with Crippen molar-refractivity contribution in [2.24, 2.45) is 5.92 Å². The second-order valence-electron chi connectivity index (χ2n) is 6.33. The highest BCUT2D eigenvalue weighted by Gasteiger charge is 2.18. The Morgan fingerprint density at radius 1 is 1.24 bits per heavy atom. The molecule has 0 aliphatic rings. The molecule has 2 rings (SSSR count). The maximum Gasteiger partial charge on any atom is 0.305 e. The molecule has 7 nitrogen and oxygen atoms in total. The fourth-order valence-corrected chi connectivity index (χ4v) is 2.55. The monoisotopic (exact) mass is 345 g/mol. The lowest BCUT2D eigenvalue weighted by Gasteiger charge is -2.24. The number of fused-ring (bicyclic) bond motifs is 1. The van der Waals surface area contributed by atoms with E-state index in [2.05, 4.69) is 10.3 Å². The summed E-state index contributed by atoms with van der Waals surface area (Å²) in [6, 6.07) is 9.24. The molecule has 0 aliphatic carbocycles. The van der Waals surface area contributed by atoms with Crippen molar-refractivity contribution in [3.8, 4) is 0 Å². The van der Waals surface area contributed by atoms with Gasteiger partial charge in [0, 0.05) is 24.0 Å². The molecule has 1 aromatic heterocycles. The third-order valence-corrected chi connectivity index (χ3v) is 3.71. The van der Waals surface area contributed by atoms with E-state index in [1.54, 1.807) is 6.07 Å². The molecule has 0 atom stereocenters. The van der Waals surface area contributed by atoms with Crippen molar-refractivity contribution in [2.45, 2.75) is 20.3 Å². The number of benzene rings is 1. The smallest absolute Gasteiger partial charge is 0.305 e. The van der Waals surface area contributed by atoms with Crippen molar-refractivity contribution in [3.63, 3.8) is 0 Å². The summed E-state index contributed by atoms with van der Waals surface area (Å²) >= 11 is 0. The van der Waals surface area contributed by atoms with Gasteiger partial charge >= 0.3 is 5.97 Å². The number of hydrogen-bond donors (Lipinski definition) is 3. The first-order valence-corrected chi connectivity index (χ1v) is 8.22. The number of carboxylic acids is 1. The van der Waals surface area contributed by atoms with Crippen molar-refractivity contribution in [1.82, 2.24) is 15.2 Å². The van der Waals surface area contributed by atoms with Crippen LogP contribution in [0.3, 0.4) is 0 Å². The number of carbonyl (C=O) groups excluding carboxylic acids is 2. The van der Waals surface area contributed by atoms with Gasteiger partial charge in [-0.1, -0.05) is 32.0 Å². The zero-order chi connectivity index (χ0) is 18.4. The molecular formula is C18H23N3O4. The van der Waals surface area contributed by atoms with Gasteiger partial charge in [-0.3, -0.25) is 14.4 Å². The second kappa shape index (κ2) is 8.32. The Balaban J connectivity index is 1.95. The average molecular weight is 345 g/mol. The lowest BCUT2D eigenvalue weighted by molar-refractivity contribution is -0.138. The van der Waals surface area contributed by atoms with Crippen LogP contribution >= 0.6 is 0 Å². The molecule has 7 heteroatoms. The van der Waals surface area contributed by atoms with Gasteiger partial charge in [0.05, 0.1) is 13.0 Å². The number of rotatable bonds is 8. The van der Waals surface area contributed by atoms with E-state index in [1.165, 1.54) is 4.90 Å². The van der Waals surface area contributed by atoms with Gasteiger partial charge in [0.2, 0.25) is 5.91 Å². The van der Waals surface area contributed by atoms with Crippen LogP contribution in [0.4, 0.5) is 0 Å². The van der Waals surface area contributed by atoms with Gasteiger partial charge in [-0.25, -0.2) is 0 Å². The van der Waals surface area contributed by atoms with Gasteiger partial charge in [-0.05, 0) is 18.1 Å². The Hall–Kier alpha value is -2.83. The number of aliphatic carboxylic acids is 1. The van der Waals surface area contributed by atoms with Crippen molar-refractivity contribution < 1.29 is 19.5 Å². The largest absolute Gasteiger partial charge is 0.481 e. The summed E-state index contributed by atoms with van der Waals surface area (Å²) in [5, 5.41) is 12.3. The van der Waals surface area contributed by atoms with Crippen molar-refractivity contribution in [3.05, 3.63) is 36.0 Å². The summed E-state index contributed by atoms with van der Waals surface area (Å²) in [5.41, 5.74) is 1.23. The fourth-order valence-electron chi connectivity index (χ4n) is 2.55. The summed E-state index contributed by atoms with van der Waals surface area (Å²) in [6.45, 7) is 4.32. The van der Waals surface area contributed by atoms with Crippen LogP contribution < -0.4 is 5.32 Å². The minimum Gasteiger partial charge on any atom is -0.481 e. The lowest BCUT2D eigenvalue weighted by Crippen LogP contribution is -2.42. The molecule has 2 aromatic rings. The number of hydrogen-bond acceptors (Lipinski definition) is 3. The minimum atomic E-state index is -0.955. The molecule has 0 bridgehead atoms. The highest BCUT2D eigenvalue weighted by atomic mass is 16.4. The molecule has 0 radical (unpaired) electrons. The molecule has 0 aliphatic heterocycles. The highest BCUT2D eigenvalue weighted by Crippen LogP contribution is 2.14. The number of para-hydroxylation sites is 1. The first kappa shape index (κ1) is 18.5. The SMILES string of the molecule is CC(C)CN(CCC(=O)O)C(=O)CNC(=O)c1cc2ccccc2[nH]1. The molecule has 3 N–H and O–H groups in total. The predicted octanol–water partition coefficient (Wildman–Crippen LogP) is 1.86. The predicted molar refractivity (Wildman–Crippen MR) is 94.3 cm³/mol. The minimum absolute atomic E-state index is 0.117. The summed E-state index contributed by atoms with van der Waals surface area (Å²) in [6.07, 6.45) is -0.117. The third-order valence-electron chi connectivity index (χ3n) is 3.71. The molecule has 0 spiro atoms. The fraction of sp³-hybridized carbons (Fsp3) is 0.389. The third kappa shape index (κ3) is 5.34. The van der Waals surface area contributed by atoms with Gasteiger partial charge in [0.1, 0.15) is 5.69 Å². The van der Waals surface area contributed by atoms with Gasteiger partial charge in [0.25, 0.3) is 5.91 Å². The quantitative estimate of drug-likeness (QED) is 0.679. The molecule has 1 aromatic carbocycles. The van der Waals surface area contributed by atoms with Crippen LogP contribution in [0.5, 0.6) is 0 Å². The van der Waals surface area contributed by atoms with Crippen LogP contribution in [0, 0.1) is 5.92 Å². The summed E-state index contributed by atoms with van der Waals surface area (Å²) in [7, 11) is 0. The van der Waals surface area contributed by atoms with Gasteiger partial charge < -0.3 is 20.3 Å². The average Bonchev–Trinajstić information content (AvgIpc) is 2.99. The van der Waals surface area contributed by atoms with Crippen LogP contribution in [0.2, 0.25) is 0 Å². The van der Waals surface area contributed by atoms with Gasteiger partial charge in [-0.15, -0.1) is 0 Å². The van der Waals surface area contributed by atoms with Crippen molar-refractivity contribution >= 4 is 28.7 Å². The van der Waals surface area contributed by atoms with E-state index in [1.807, 2.05) is 38.1 Å². The van der Waals surface area contributed by atoms with Crippen LogP contribution in [0.15, 0.2) is 30.3 Å². The van der Waals surface area contributed by atoms with E-state index in [-0.39, 0.29) is 37.2 Å². The summed E-state index contributed by atoms with van der Waals surface area (Å²) < 4.78 is 0. The van der Waals surface area contributed by atoms with Crippen LogP contribution in [-0.4, -0.2) is 52.4 Å². The van der Waals surface area contributed by atoms with E-state index in [0.29, 0.717) is 12.2 Å². The Labute approximate surface area is 146 Å². The highest BCUT2D eigenvalue weighted by molar-refractivity contribution is 5.99. The normalized spacial score (nSPS) is 10.8. The zero-order valence-electron chi connectivity index (χ0n) is 14.4. The van der Waals surface area contributed by atoms with Crippen molar-refractivity contribution in [2.75, 3.05) is 19.6 Å². The van der Waals surface area contributed by atoms with E-state index >= 15 is 0 Å². The number of aromatic nitrogens is 1. The van der Waals surface area contributed by atoms with E-state index in [0.717, 1.165) is 10.9 Å². The Bertz CT molecular complexity index is 734. The van der Waals surface area contributed by atoms with E-state index < -0.39 is 5.97 Å². The number of H-pyrrole nitrogens is 1. The number of nitrogens with zero attached hydrogens (tertiary/aromatic N) is 1. The maximum absolute atomic E-state index is 12.3. The van der Waals surface area contributed by atoms with Gasteiger partial charge in [-0.2, -0.15) is 0 Å². The summed E-state index contributed by atoms with van der Waals surface area (Å²) in [5.74, 6) is -1.41. The lowest BCUT2D eigenvalue weighted by atomic mass is 10.2. The van der Waals surface area contributed by atoms with E-state index in [9.17, 15) is 14.4 Å². The standard InChI is InChI=1S/C18H23N3O4/c1-12(2)11-21(8-7-17(23)24)16(22)10-19-18(25)15-9-13-5-3-4-6-14(13)20-15/h3-6,9,12,20H,7-8,10-11H2,1-2H3,(H,19,25)(H,23,24). The zero-order valence-corrected chi connectivity index (χ0v) is 14.4. The first-order chi connectivity index (χ1) is 11.9. The number of carbonyl (C=O) groups is 3. The van der Waals surface area contributed by atoms with Crippen LogP contribution in [0.1, 0.15) is 30.8 Å². The summed E-state index contributed by atoms with van der Waals surface area (Å²) in [4.78, 5) is 39.7. The first-order valence-electron chi connectivity index (χ1n) is 8.22. The Kier molecular flexibility index (Phi) is 6.16. The van der Waals surface area contributed by atoms with Crippen molar-refractivity contribution in [1.29, 1.82) is 0 Å². The molecule has 2 amide bonds. The number of aromatic amines is 1. The van der Waals surface area contributed by atoms with Gasteiger partial charge in [0.15, 0.2) is 0 Å². The molecule has 0 saturated carbocycles. The Morgan fingerprint density at radius 3 is 2.60 bits per heavy atom. The Morgan fingerprint density at radius 2 is 1.96 bits per heavy atom. The topological polar surface area (TPSA) is 102 Å². The number of amides is 2. The molecule has 25 heavy (non-hydrogen) atoms. The number of carboxylic acid groups (broad SMARTS) is 1. The molecular weight excluding hydrogens is 322 g/mol. The van der Waals surface area contributed by atoms with Crippen LogP contribution in [0.25, 0.3) is 10.9 Å². The van der Waals surface area contributed by atoms with Crippen LogP contribution in [-0.2, 0) is 9.59 Å². The molecule has 0 fully saturated rings. The van der Waals surface area contributed by atoms with E-state index in [4.69, 9.17) is 5.11 Å². The molecule has 1 heterocycles. The molecule has 0 unspecified atom stereocenters.